The summed E-state index contributed by atoms with van der Waals surface area (Å²) in [4.78, 5) is 28.8. The van der Waals surface area contributed by atoms with Gasteiger partial charge in [0.2, 0.25) is 0 Å². The lowest BCUT2D eigenvalue weighted by Crippen LogP contribution is -2.34. The molecule has 150 valence electrons. The minimum atomic E-state index is -0.491. The van der Waals surface area contributed by atoms with Gasteiger partial charge in [0.1, 0.15) is 0 Å². The molecule has 10 heteroatoms. The number of thiazole rings is 1. The molecule has 6 nitrogen and oxygen atoms in total. The van der Waals surface area contributed by atoms with Crippen LogP contribution in [0.3, 0.4) is 0 Å². The molecule has 1 heterocycles. The first kappa shape index (κ1) is 21.4. The number of benzene rings is 2. The fourth-order valence-corrected chi connectivity index (χ4v) is 3.92. The molecule has 3 rings (SSSR count). The van der Waals surface area contributed by atoms with Crippen molar-refractivity contribution >= 4 is 79.1 Å². The maximum Gasteiger partial charge on any atom is 0.338 e. The average Bonchev–Trinajstić information content (AvgIpc) is 3.04. The van der Waals surface area contributed by atoms with Crippen molar-refractivity contribution < 1.29 is 14.3 Å². The Morgan fingerprint density at radius 1 is 1.21 bits per heavy atom. The van der Waals surface area contributed by atoms with E-state index < -0.39 is 11.9 Å². The molecule has 29 heavy (non-hydrogen) atoms. The van der Waals surface area contributed by atoms with Gasteiger partial charge in [0, 0.05) is 0 Å². The van der Waals surface area contributed by atoms with Crippen molar-refractivity contribution in [3.63, 3.8) is 0 Å². The minimum Gasteiger partial charge on any atom is -0.459 e. The molecule has 2 aromatic carbocycles. The molecule has 3 aromatic rings. The van der Waals surface area contributed by atoms with Gasteiger partial charge in [-0.3, -0.25) is 10.1 Å². The zero-order chi connectivity index (χ0) is 21.1. The number of carbonyl (C=O) groups excluding carboxylic acids is 2. The molecule has 0 spiro atoms. The molecule has 2 N–H and O–H groups in total. The number of hydrogen-bond acceptors (Lipinski definition) is 6. The molecule has 0 saturated carbocycles. The maximum atomic E-state index is 12.3. The lowest BCUT2D eigenvalue weighted by molar-refractivity contribution is 0.0378. The third-order valence-corrected chi connectivity index (χ3v) is 5.57. The number of esters is 1. The van der Waals surface area contributed by atoms with Crippen LogP contribution in [0, 0.1) is 0 Å². The number of thiocarbonyl (C=S) groups is 1. The van der Waals surface area contributed by atoms with Crippen molar-refractivity contribution in [2.24, 2.45) is 0 Å². The Kier molecular flexibility index (Phi) is 6.69. The number of amides is 1. The highest BCUT2D eigenvalue weighted by Gasteiger charge is 2.16. The SMILES string of the molecule is CC(C)OC(=O)c1ccc2nc(NC(=S)NC(=O)c3cccc(Cl)c3Cl)sc2c1. The zero-order valence-electron chi connectivity index (χ0n) is 15.3. The normalized spacial score (nSPS) is 10.8. The van der Waals surface area contributed by atoms with Gasteiger partial charge in [0.15, 0.2) is 10.2 Å². The van der Waals surface area contributed by atoms with E-state index in [0.717, 1.165) is 4.70 Å². The number of rotatable bonds is 4. The Hall–Kier alpha value is -2.26. The number of nitrogens with one attached hydrogen (secondary N) is 2. The largest absolute Gasteiger partial charge is 0.459 e. The van der Waals surface area contributed by atoms with Crippen LogP contribution in [0.5, 0.6) is 0 Å². The van der Waals surface area contributed by atoms with Crippen LogP contribution in [-0.2, 0) is 4.74 Å². The Labute approximate surface area is 186 Å². The van der Waals surface area contributed by atoms with Crippen molar-refractivity contribution in [2.75, 3.05) is 5.32 Å². The third kappa shape index (κ3) is 5.22. The number of hydrogen-bond donors (Lipinski definition) is 2. The van der Waals surface area contributed by atoms with E-state index in [1.807, 2.05) is 0 Å². The molecular formula is C19H15Cl2N3O3S2. The highest BCUT2D eigenvalue weighted by molar-refractivity contribution is 7.80. The fraction of sp³-hybridized carbons (Fsp3) is 0.158. The van der Waals surface area contributed by atoms with Gasteiger partial charge in [0.05, 0.1) is 37.5 Å². The maximum absolute atomic E-state index is 12.3. The quantitative estimate of drug-likeness (QED) is 0.400. The Balaban J connectivity index is 1.71. The summed E-state index contributed by atoms with van der Waals surface area (Å²) in [5.74, 6) is -0.888. The predicted molar refractivity (Wildman–Crippen MR) is 120 cm³/mol. The van der Waals surface area contributed by atoms with Crippen LogP contribution >= 0.6 is 46.8 Å². The van der Waals surface area contributed by atoms with Gasteiger partial charge in [-0.2, -0.15) is 0 Å². The number of aromatic nitrogens is 1. The van der Waals surface area contributed by atoms with Crippen LogP contribution < -0.4 is 10.6 Å². The second-order valence-electron chi connectivity index (χ2n) is 6.17. The van der Waals surface area contributed by atoms with Crippen LogP contribution in [0.4, 0.5) is 5.13 Å². The Bertz CT molecular complexity index is 1120. The monoisotopic (exact) mass is 467 g/mol. The van der Waals surface area contributed by atoms with Crippen molar-refractivity contribution in [1.29, 1.82) is 0 Å². The molecule has 1 amide bonds. The van der Waals surface area contributed by atoms with Crippen molar-refractivity contribution in [3.8, 4) is 0 Å². The molecule has 0 aliphatic carbocycles. The number of nitrogens with zero attached hydrogens (tertiary/aromatic N) is 1. The minimum absolute atomic E-state index is 0.0598. The molecule has 0 unspecified atom stereocenters. The second-order valence-corrected chi connectivity index (χ2v) is 8.39. The zero-order valence-corrected chi connectivity index (χ0v) is 18.4. The summed E-state index contributed by atoms with van der Waals surface area (Å²) in [6.45, 7) is 3.58. The third-order valence-electron chi connectivity index (χ3n) is 3.61. The molecule has 0 saturated heterocycles. The van der Waals surface area contributed by atoms with Gasteiger partial charge in [-0.15, -0.1) is 0 Å². The molecule has 0 bridgehead atoms. The van der Waals surface area contributed by atoms with E-state index in [4.69, 9.17) is 40.2 Å². The summed E-state index contributed by atoms with van der Waals surface area (Å²) in [6, 6.07) is 9.83. The molecule has 0 aliphatic heterocycles. The van der Waals surface area contributed by atoms with Crippen molar-refractivity contribution in [2.45, 2.75) is 20.0 Å². The second kappa shape index (κ2) is 9.04. The number of carbonyl (C=O) groups is 2. The van der Waals surface area contributed by atoms with E-state index in [0.29, 0.717) is 16.2 Å². The van der Waals surface area contributed by atoms with E-state index in [2.05, 4.69) is 15.6 Å². The van der Waals surface area contributed by atoms with Gasteiger partial charge < -0.3 is 10.1 Å². The van der Waals surface area contributed by atoms with Gasteiger partial charge in [0.25, 0.3) is 5.91 Å². The lowest BCUT2D eigenvalue weighted by Gasteiger charge is -2.08. The fourth-order valence-electron chi connectivity index (χ4n) is 2.37. The number of halogens is 2. The lowest BCUT2D eigenvalue weighted by atomic mass is 10.2. The summed E-state index contributed by atoms with van der Waals surface area (Å²) < 4.78 is 5.98. The van der Waals surface area contributed by atoms with E-state index in [9.17, 15) is 9.59 Å². The topological polar surface area (TPSA) is 80.3 Å². The first-order chi connectivity index (χ1) is 13.7. The van der Waals surface area contributed by atoms with E-state index in [1.165, 1.54) is 11.3 Å². The average molecular weight is 468 g/mol. The van der Waals surface area contributed by atoms with E-state index in [-0.39, 0.29) is 26.8 Å². The summed E-state index contributed by atoms with van der Waals surface area (Å²) in [6.07, 6.45) is -0.203. The number of fused-ring (bicyclic) bond motifs is 1. The molecular weight excluding hydrogens is 453 g/mol. The van der Waals surface area contributed by atoms with Crippen LogP contribution in [0.1, 0.15) is 34.6 Å². The highest BCUT2D eigenvalue weighted by Crippen LogP contribution is 2.28. The first-order valence-electron chi connectivity index (χ1n) is 8.42. The highest BCUT2D eigenvalue weighted by atomic mass is 35.5. The van der Waals surface area contributed by atoms with Crippen LogP contribution in [0.2, 0.25) is 10.0 Å². The van der Waals surface area contributed by atoms with Gasteiger partial charge in [-0.25, -0.2) is 9.78 Å². The van der Waals surface area contributed by atoms with Crippen molar-refractivity contribution in [3.05, 3.63) is 57.6 Å². The molecule has 0 aliphatic rings. The number of anilines is 1. The molecule has 1 aromatic heterocycles. The molecule has 0 radical (unpaired) electrons. The smallest absolute Gasteiger partial charge is 0.338 e. The van der Waals surface area contributed by atoms with Crippen LogP contribution in [0.15, 0.2) is 36.4 Å². The summed E-state index contributed by atoms with van der Waals surface area (Å²) >= 11 is 18.5. The Morgan fingerprint density at radius 2 is 1.97 bits per heavy atom. The first-order valence-corrected chi connectivity index (χ1v) is 10.4. The van der Waals surface area contributed by atoms with Crippen LogP contribution in [-0.4, -0.2) is 28.1 Å². The van der Waals surface area contributed by atoms with E-state index in [1.54, 1.807) is 50.2 Å². The van der Waals surface area contributed by atoms with Crippen LogP contribution in [0.25, 0.3) is 10.2 Å². The predicted octanol–water partition coefficient (Wildman–Crippen LogP) is 5.30. The van der Waals surface area contributed by atoms with Gasteiger partial charge in [-0.05, 0) is 56.4 Å². The standard InChI is InChI=1S/C19H15Cl2N3O3S2/c1-9(2)27-17(26)10-6-7-13-14(8-10)29-19(22-13)24-18(28)23-16(25)11-4-3-5-12(20)15(11)21/h3-9H,1-2H3,(H2,22,23,24,25,28). The Morgan fingerprint density at radius 3 is 2.69 bits per heavy atom. The van der Waals surface area contributed by atoms with Crippen molar-refractivity contribution in [1.82, 2.24) is 10.3 Å². The van der Waals surface area contributed by atoms with Gasteiger partial charge >= 0.3 is 5.97 Å². The summed E-state index contributed by atoms with van der Waals surface area (Å²) in [5.41, 5.74) is 1.33. The summed E-state index contributed by atoms with van der Waals surface area (Å²) in [7, 11) is 0. The summed E-state index contributed by atoms with van der Waals surface area (Å²) in [5, 5.41) is 6.35. The van der Waals surface area contributed by atoms with E-state index >= 15 is 0 Å². The number of ether oxygens (including phenoxy) is 1. The molecule has 0 atom stereocenters. The molecule has 0 fully saturated rings. The van der Waals surface area contributed by atoms with Gasteiger partial charge in [-0.1, -0.05) is 40.6 Å².